The Bertz CT molecular complexity index is 716. The van der Waals surface area contributed by atoms with Gasteiger partial charge in [0.2, 0.25) is 5.95 Å². The Morgan fingerprint density at radius 3 is 2.62 bits per heavy atom. The van der Waals surface area contributed by atoms with Crippen molar-refractivity contribution in [2.45, 2.75) is 31.4 Å². The molecule has 0 amide bonds. The summed E-state index contributed by atoms with van der Waals surface area (Å²) in [6.07, 6.45) is 1.99. The number of benzene rings is 1. The van der Waals surface area contributed by atoms with Crippen LogP contribution in [-0.2, 0) is 11.3 Å². The second-order valence-electron chi connectivity index (χ2n) is 6.91. The molecule has 1 aromatic heterocycles. The predicted octanol–water partition coefficient (Wildman–Crippen LogP) is 3.03. The minimum Gasteiger partial charge on any atom is -0.375 e. The van der Waals surface area contributed by atoms with Crippen LogP contribution < -0.4 is 16.0 Å². The lowest BCUT2D eigenvalue weighted by Gasteiger charge is -2.32. The molecule has 0 bridgehead atoms. The zero-order valence-electron chi connectivity index (χ0n) is 15.3. The Morgan fingerprint density at radius 2 is 1.96 bits per heavy atom. The third kappa shape index (κ3) is 5.06. The van der Waals surface area contributed by atoms with E-state index < -0.39 is 0 Å². The van der Waals surface area contributed by atoms with E-state index in [-0.39, 0.29) is 0 Å². The van der Waals surface area contributed by atoms with E-state index in [1.54, 1.807) is 0 Å². The van der Waals surface area contributed by atoms with Crippen LogP contribution in [0.5, 0.6) is 0 Å². The molecule has 0 atom stereocenters. The highest BCUT2D eigenvalue weighted by Gasteiger charge is 2.29. The molecule has 6 nitrogen and oxygen atoms in total. The minimum absolute atomic E-state index is 0.301. The zero-order valence-corrected chi connectivity index (χ0v) is 16.0. The first-order valence-corrected chi connectivity index (χ1v) is 9.27. The quantitative estimate of drug-likeness (QED) is 0.691. The first kappa shape index (κ1) is 18.9. The summed E-state index contributed by atoms with van der Waals surface area (Å²) in [6.45, 7) is 1.84. The van der Waals surface area contributed by atoms with Gasteiger partial charge in [-0.1, -0.05) is 23.7 Å². The molecule has 1 heterocycles. The van der Waals surface area contributed by atoms with E-state index >= 15 is 0 Å². The highest BCUT2D eigenvalue weighted by molar-refractivity contribution is 6.30. The highest BCUT2D eigenvalue weighted by atomic mass is 35.5. The molecule has 0 spiro atoms. The van der Waals surface area contributed by atoms with Crippen molar-refractivity contribution in [1.29, 1.82) is 0 Å². The second kappa shape index (κ2) is 8.66. The van der Waals surface area contributed by atoms with Crippen LogP contribution >= 0.6 is 11.6 Å². The predicted molar refractivity (Wildman–Crippen MR) is 106 cm³/mol. The molecule has 3 N–H and O–H groups in total. The van der Waals surface area contributed by atoms with Gasteiger partial charge in [-0.05, 0) is 30.5 Å². The fourth-order valence-electron chi connectivity index (χ4n) is 2.88. The molecule has 1 saturated carbocycles. The fraction of sp³-hybridized carbons (Fsp3) is 0.474. The number of hydrogen-bond donors (Lipinski definition) is 2. The Balaban J connectivity index is 1.51. The van der Waals surface area contributed by atoms with E-state index in [0.29, 0.717) is 37.7 Å². The van der Waals surface area contributed by atoms with Crippen molar-refractivity contribution < 1.29 is 4.74 Å². The molecule has 3 rings (SSSR count). The van der Waals surface area contributed by atoms with Gasteiger partial charge in [-0.15, -0.1) is 0 Å². The van der Waals surface area contributed by atoms with Crippen molar-refractivity contribution in [2.75, 3.05) is 37.5 Å². The van der Waals surface area contributed by atoms with Gasteiger partial charge in [0.1, 0.15) is 5.82 Å². The van der Waals surface area contributed by atoms with Crippen LogP contribution in [0.15, 0.2) is 30.3 Å². The molecule has 1 aliphatic carbocycles. The van der Waals surface area contributed by atoms with Crippen molar-refractivity contribution in [2.24, 2.45) is 5.73 Å². The first-order chi connectivity index (χ1) is 12.5. The Hall–Kier alpha value is -1.89. The van der Waals surface area contributed by atoms with E-state index in [2.05, 4.69) is 15.3 Å². The normalized spacial score (nSPS) is 19.1. The average molecular weight is 376 g/mol. The van der Waals surface area contributed by atoms with Gasteiger partial charge in [0.05, 0.1) is 18.9 Å². The van der Waals surface area contributed by atoms with Gasteiger partial charge in [-0.3, -0.25) is 0 Å². The zero-order chi connectivity index (χ0) is 18.5. The summed E-state index contributed by atoms with van der Waals surface area (Å²) in [7, 11) is 3.90. The van der Waals surface area contributed by atoms with Gasteiger partial charge < -0.3 is 20.7 Å². The summed E-state index contributed by atoms with van der Waals surface area (Å²) >= 11 is 5.88. The van der Waals surface area contributed by atoms with E-state index in [4.69, 9.17) is 22.1 Å². The molecular weight excluding hydrogens is 350 g/mol. The third-order valence-electron chi connectivity index (χ3n) is 4.46. The topological polar surface area (TPSA) is 76.3 Å². The number of nitrogens with zero attached hydrogens (tertiary/aromatic N) is 3. The molecule has 2 aromatic rings. The molecule has 1 aromatic carbocycles. The van der Waals surface area contributed by atoms with Gasteiger partial charge in [0.15, 0.2) is 0 Å². The maximum atomic E-state index is 5.92. The van der Waals surface area contributed by atoms with Crippen LogP contribution in [0.1, 0.15) is 30.0 Å². The monoisotopic (exact) mass is 375 g/mol. The summed E-state index contributed by atoms with van der Waals surface area (Å²) in [5.74, 6) is 1.98. The molecule has 0 radical (unpaired) electrons. The summed E-state index contributed by atoms with van der Waals surface area (Å²) in [4.78, 5) is 11.1. The average Bonchev–Trinajstić information content (AvgIpc) is 2.60. The fourth-order valence-corrected chi connectivity index (χ4v) is 3.00. The smallest absolute Gasteiger partial charge is 0.227 e. The lowest BCUT2D eigenvalue weighted by Crippen LogP contribution is -2.35. The number of halogens is 1. The largest absolute Gasteiger partial charge is 0.375 e. The van der Waals surface area contributed by atoms with Crippen molar-refractivity contribution in [3.05, 3.63) is 46.6 Å². The van der Waals surface area contributed by atoms with Gasteiger partial charge in [-0.2, -0.15) is 4.98 Å². The van der Waals surface area contributed by atoms with Crippen LogP contribution in [0.4, 0.5) is 11.8 Å². The Labute approximate surface area is 159 Å². The van der Waals surface area contributed by atoms with E-state index in [9.17, 15) is 0 Å². The number of nitrogens with two attached hydrogens (primary N) is 1. The van der Waals surface area contributed by atoms with Crippen LogP contribution in [-0.4, -0.2) is 43.3 Å². The minimum atomic E-state index is 0.301. The summed E-state index contributed by atoms with van der Waals surface area (Å²) in [6, 6.07) is 10.0. The summed E-state index contributed by atoms with van der Waals surface area (Å²) in [5.41, 5.74) is 8.09. The molecule has 140 valence electrons. The number of ether oxygens (including phenoxy) is 1. The Kier molecular flexibility index (Phi) is 6.29. The molecule has 0 saturated heterocycles. The van der Waals surface area contributed by atoms with Crippen molar-refractivity contribution in [3.63, 3.8) is 0 Å². The molecule has 0 aliphatic heterocycles. The van der Waals surface area contributed by atoms with Gasteiger partial charge in [0, 0.05) is 43.7 Å². The standard InChI is InChI=1S/C19H26ClN5O/c1-25(2)19-23-17(14-9-16(21)10-14)11-18(24-19)22-7-8-26-12-13-3-5-15(20)6-4-13/h3-6,11,14,16H,7-10,12,21H2,1-2H3,(H,22,23,24). The molecule has 26 heavy (non-hydrogen) atoms. The van der Waals surface area contributed by atoms with Crippen LogP contribution in [0.2, 0.25) is 5.02 Å². The van der Waals surface area contributed by atoms with E-state index in [0.717, 1.165) is 34.9 Å². The van der Waals surface area contributed by atoms with Crippen LogP contribution in [0.3, 0.4) is 0 Å². The number of rotatable bonds is 8. The molecular formula is C19H26ClN5O. The summed E-state index contributed by atoms with van der Waals surface area (Å²) < 4.78 is 5.71. The third-order valence-corrected chi connectivity index (χ3v) is 4.71. The maximum absolute atomic E-state index is 5.92. The van der Waals surface area contributed by atoms with Crippen molar-refractivity contribution in [1.82, 2.24) is 9.97 Å². The number of nitrogens with one attached hydrogen (secondary N) is 1. The van der Waals surface area contributed by atoms with Crippen LogP contribution in [0.25, 0.3) is 0 Å². The maximum Gasteiger partial charge on any atom is 0.227 e. The SMILES string of the molecule is CN(C)c1nc(NCCOCc2ccc(Cl)cc2)cc(C2CC(N)C2)n1. The lowest BCUT2D eigenvalue weighted by molar-refractivity contribution is 0.130. The highest BCUT2D eigenvalue weighted by Crippen LogP contribution is 2.35. The molecule has 1 fully saturated rings. The molecule has 1 aliphatic rings. The first-order valence-electron chi connectivity index (χ1n) is 8.89. The van der Waals surface area contributed by atoms with E-state index in [1.807, 2.05) is 49.3 Å². The Morgan fingerprint density at radius 1 is 1.23 bits per heavy atom. The van der Waals surface area contributed by atoms with E-state index in [1.165, 1.54) is 0 Å². The lowest BCUT2D eigenvalue weighted by atomic mass is 9.78. The van der Waals surface area contributed by atoms with Crippen molar-refractivity contribution >= 4 is 23.4 Å². The molecule has 0 unspecified atom stereocenters. The molecule has 7 heteroatoms. The van der Waals surface area contributed by atoms with Crippen molar-refractivity contribution in [3.8, 4) is 0 Å². The number of aromatic nitrogens is 2. The van der Waals surface area contributed by atoms with Crippen LogP contribution in [0, 0.1) is 0 Å². The summed E-state index contributed by atoms with van der Waals surface area (Å²) in [5, 5.41) is 4.07. The van der Waals surface area contributed by atoms with Gasteiger partial charge in [0.25, 0.3) is 0 Å². The van der Waals surface area contributed by atoms with Gasteiger partial charge in [-0.25, -0.2) is 4.98 Å². The van der Waals surface area contributed by atoms with Gasteiger partial charge >= 0.3 is 0 Å². The number of anilines is 2. The number of hydrogen-bond acceptors (Lipinski definition) is 6. The second-order valence-corrected chi connectivity index (χ2v) is 7.34.